The molecule has 2 N–H and O–H groups in total. The lowest BCUT2D eigenvalue weighted by molar-refractivity contribution is -0.274. The van der Waals surface area contributed by atoms with Crippen LogP contribution in [0, 0.1) is 0 Å². The van der Waals surface area contributed by atoms with Crippen LogP contribution in [0.15, 0.2) is 47.2 Å². The molecule has 0 aliphatic carbocycles. The van der Waals surface area contributed by atoms with Crippen molar-refractivity contribution < 1.29 is 27.8 Å². The SMILES string of the molecule is C[C@@H](CO)NC(=O)c1cc(-c2ccc(OC(F)(F)F)cc2)nc(-c2ccsc2)n1. The Hall–Kier alpha value is -2.98. The summed E-state index contributed by atoms with van der Waals surface area (Å²) < 4.78 is 40.9. The van der Waals surface area contributed by atoms with Gasteiger partial charge in [0.1, 0.15) is 11.4 Å². The molecule has 0 unspecified atom stereocenters. The summed E-state index contributed by atoms with van der Waals surface area (Å²) in [6, 6.07) is 7.93. The molecule has 0 aliphatic rings. The van der Waals surface area contributed by atoms with Gasteiger partial charge in [0.05, 0.1) is 12.3 Å². The minimum atomic E-state index is -4.78. The molecule has 3 aromatic rings. The zero-order valence-electron chi connectivity index (χ0n) is 15.1. The Morgan fingerprint density at radius 3 is 2.52 bits per heavy atom. The van der Waals surface area contributed by atoms with Crippen LogP contribution in [0.4, 0.5) is 13.2 Å². The molecule has 2 aromatic heterocycles. The highest BCUT2D eigenvalue weighted by molar-refractivity contribution is 7.08. The van der Waals surface area contributed by atoms with Gasteiger partial charge in [-0.1, -0.05) is 0 Å². The fourth-order valence-corrected chi connectivity index (χ4v) is 3.04. The first kappa shape index (κ1) is 20.7. The van der Waals surface area contributed by atoms with Gasteiger partial charge in [-0.15, -0.1) is 13.2 Å². The number of halogens is 3. The maximum atomic E-state index is 12.5. The highest BCUT2D eigenvalue weighted by Gasteiger charge is 2.31. The second kappa shape index (κ2) is 8.58. The van der Waals surface area contributed by atoms with E-state index in [1.54, 1.807) is 13.0 Å². The summed E-state index contributed by atoms with van der Waals surface area (Å²) in [4.78, 5) is 21.2. The van der Waals surface area contributed by atoms with E-state index in [9.17, 15) is 18.0 Å². The van der Waals surface area contributed by atoms with E-state index in [1.165, 1.54) is 41.7 Å². The fraction of sp³-hybridized carbons (Fsp3) is 0.211. The number of aromatic nitrogens is 2. The predicted octanol–water partition coefficient (Wildman–Crippen LogP) is 3.88. The van der Waals surface area contributed by atoms with Gasteiger partial charge in [-0.25, -0.2) is 9.97 Å². The highest BCUT2D eigenvalue weighted by Crippen LogP contribution is 2.28. The average Bonchev–Trinajstić information content (AvgIpc) is 3.21. The number of thiophene rings is 1. The molecule has 0 spiro atoms. The third-order valence-corrected chi connectivity index (χ3v) is 4.46. The number of carbonyl (C=O) groups is 1. The van der Waals surface area contributed by atoms with E-state index < -0.39 is 18.3 Å². The van der Waals surface area contributed by atoms with Crippen LogP contribution in [0.3, 0.4) is 0 Å². The van der Waals surface area contributed by atoms with Gasteiger partial charge in [-0.2, -0.15) is 11.3 Å². The zero-order chi connectivity index (χ0) is 21.0. The van der Waals surface area contributed by atoms with E-state index in [0.29, 0.717) is 22.6 Å². The normalized spacial score (nSPS) is 12.4. The number of ether oxygens (including phenoxy) is 1. The van der Waals surface area contributed by atoms with E-state index in [4.69, 9.17) is 5.11 Å². The molecule has 0 saturated carbocycles. The van der Waals surface area contributed by atoms with Gasteiger partial charge in [0.15, 0.2) is 5.82 Å². The van der Waals surface area contributed by atoms with E-state index in [0.717, 1.165) is 0 Å². The monoisotopic (exact) mass is 423 g/mol. The first-order valence-corrected chi connectivity index (χ1v) is 9.39. The summed E-state index contributed by atoms with van der Waals surface area (Å²) in [5.41, 5.74) is 1.63. The number of amides is 1. The van der Waals surface area contributed by atoms with E-state index >= 15 is 0 Å². The van der Waals surface area contributed by atoms with Crippen LogP contribution in [0.2, 0.25) is 0 Å². The lowest BCUT2D eigenvalue weighted by Crippen LogP contribution is -2.35. The molecule has 29 heavy (non-hydrogen) atoms. The van der Waals surface area contributed by atoms with Gasteiger partial charge in [-0.05, 0) is 48.7 Å². The largest absolute Gasteiger partial charge is 0.573 e. The van der Waals surface area contributed by atoms with Crippen molar-refractivity contribution in [2.45, 2.75) is 19.3 Å². The summed E-state index contributed by atoms with van der Waals surface area (Å²) in [5, 5.41) is 15.4. The second-order valence-corrected chi connectivity index (χ2v) is 6.88. The third-order valence-electron chi connectivity index (χ3n) is 3.77. The van der Waals surface area contributed by atoms with E-state index in [2.05, 4.69) is 20.0 Å². The average molecular weight is 423 g/mol. The van der Waals surface area contributed by atoms with Crippen molar-refractivity contribution in [2.75, 3.05) is 6.61 Å². The molecule has 2 heterocycles. The van der Waals surface area contributed by atoms with Crippen molar-refractivity contribution in [1.82, 2.24) is 15.3 Å². The van der Waals surface area contributed by atoms with Gasteiger partial charge in [0, 0.05) is 22.5 Å². The maximum Gasteiger partial charge on any atom is 0.573 e. The molecular weight excluding hydrogens is 407 g/mol. The molecule has 3 rings (SSSR count). The van der Waals surface area contributed by atoms with Crippen molar-refractivity contribution in [3.63, 3.8) is 0 Å². The van der Waals surface area contributed by atoms with Crippen LogP contribution in [-0.4, -0.2) is 40.0 Å². The fourth-order valence-electron chi connectivity index (χ4n) is 2.40. The van der Waals surface area contributed by atoms with Gasteiger partial charge < -0.3 is 15.2 Å². The number of hydrogen-bond donors (Lipinski definition) is 2. The number of nitrogens with zero attached hydrogens (tertiary/aromatic N) is 2. The number of alkyl halides is 3. The molecule has 0 radical (unpaired) electrons. The van der Waals surface area contributed by atoms with Gasteiger partial charge in [0.25, 0.3) is 5.91 Å². The molecule has 0 aliphatic heterocycles. The molecule has 0 fully saturated rings. The maximum absolute atomic E-state index is 12.5. The summed E-state index contributed by atoms with van der Waals surface area (Å²) in [5.74, 6) is -0.548. The van der Waals surface area contributed by atoms with Crippen molar-refractivity contribution in [3.8, 4) is 28.4 Å². The van der Waals surface area contributed by atoms with Crippen LogP contribution in [0.25, 0.3) is 22.6 Å². The standard InChI is InChI=1S/C19H16F3N3O3S/c1-11(9-26)23-18(27)16-8-15(24-17(25-16)13-6-7-29-10-13)12-2-4-14(5-3-12)28-19(20,21)22/h2-8,10-11,26H,9H2,1H3,(H,23,27)/t11-/m0/s1. The molecule has 0 saturated heterocycles. The van der Waals surface area contributed by atoms with Gasteiger partial charge >= 0.3 is 6.36 Å². The lowest BCUT2D eigenvalue weighted by Gasteiger charge is -2.12. The van der Waals surface area contributed by atoms with E-state index in [-0.39, 0.29) is 18.1 Å². The summed E-state index contributed by atoms with van der Waals surface area (Å²) in [6.07, 6.45) is -4.78. The van der Waals surface area contributed by atoms with Crippen molar-refractivity contribution >= 4 is 17.2 Å². The summed E-state index contributed by atoms with van der Waals surface area (Å²) >= 11 is 1.44. The smallest absolute Gasteiger partial charge is 0.406 e. The van der Waals surface area contributed by atoms with Crippen LogP contribution >= 0.6 is 11.3 Å². The van der Waals surface area contributed by atoms with Crippen LogP contribution in [0.1, 0.15) is 17.4 Å². The lowest BCUT2D eigenvalue weighted by atomic mass is 10.1. The van der Waals surface area contributed by atoms with Crippen molar-refractivity contribution in [3.05, 3.63) is 52.9 Å². The first-order valence-electron chi connectivity index (χ1n) is 8.45. The number of aliphatic hydroxyl groups is 1. The zero-order valence-corrected chi connectivity index (χ0v) is 15.9. The van der Waals surface area contributed by atoms with Gasteiger partial charge in [0.2, 0.25) is 0 Å². The number of carbonyl (C=O) groups excluding carboxylic acids is 1. The molecule has 1 amide bonds. The number of nitrogens with one attached hydrogen (secondary N) is 1. The second-order valence-electron chi connectivity index (χ2n) is 6.10. The van der Waals surface area contributed by atoms with Crippen LogP contribution in [0.5, 0.6) is 5.75 Å². The molecule has 0 bridgehead atoms. The summed E-state index contributed by atoms with van der Waals surface area (Å²) in [7, 11) is 0. The van der Waals surface area contributed by atoms with Crippen molar-refractivity contribution in [2.24, 2.45) is 0 Å². The molecule has 10 heteroatoms. The molecule has 152 valence electrons. The van der Waals surface area contributed by atoms with Crippen LogP contribution in [-0.2, 0) is 0 Å². The molecular formula is C19H16F3N3O3S. The Bertz CT molecular complexity index is 977. The number of rotatable bonds is 6. The quantitative estimate of drug-likeness (QED) is 0.629. The summed E-state index contributed by atoms with van der Waals surface area (Å²) in [6.45, 7) is 1.40. The Morgan fingerprint density at radius 2 is 1.93 bits per heavy atom. The van der Waals surface area contributed by atoms with E-state index in [1.807, 2.05) is 10.8 Å². The Morgan fingerprint density at radius 1 is 1.21 bits per heavy atom. The predicted molar refractivity (Wildman–Crippen MR) is 101 cm³/mol. The number of hydrogen-bond acceptors (Lipinski definition) is 6. The van der Waals surface area contributed by atoms with Crippen LogP contribution < -0.4 is 10.1 Å². The minimum Gasteiger partial charge on any atom is -0.406 e. The van der Waals surface area contributed by atoms with Crippen molar-refractivity contribution in [1.29, 1.82) is 0 Å². The third kappa shape index (κ3) is 5.52. The molecule has 1 aromatic carbocycles. The number of benzene rings is 1. The van der Waals surface area contributed by atoms with Gasteiger partial charge in [-0.3, -0.25) is 4.79 Å². The minimum absolute atomic E-state index is 0.0760. The Kier molecular flexibility index (Phi) is 6.14. The Labute approximate surface area is 168 Å². The number of aliphatic hydroxyl groups excluding tert-OH is 1. The highest BCUT2D eigenvalue weighted by atomic mass is 32.1. The Balaban J connectivity index is 1.98. The topological polar surface area (TPSA) is 84.3 Å². The first-order chi connectivity index (χ1) is 13.7. The molecule has 1 atom stereocenters. The molecule has 6 nitrogen and oxygen atoms in total.